The van der Waals surface area contributed by atoms with Crippen molar-refractivity contribution >= 4 is 5.69 Å². The van der Waals surface area contributed by atoms with Gasteiger partial charge in [-0.05, 0) is 42.3 Å². The Hall–Kier alpha value is -2.51. The number of hydrogen-bond acceptors (Lipinski definition) is 4. The lowest BCUT2D eigenvalue weighted by molar-refractivity contribution is 0.213. The highest BCUT2D eigenvalue weighted by atomic mass is 16.5. The van der Waals surface area contributed by atoms with Crippen molar-refractivity contribution in [3.63, 3.8) is 0 Å². The van der Waals surface area contributed by atoms with Crippen molar-refractivity contribution in [2.45, 2.75) is 12.3 Å². The molecule has 2 N–H and O–H groups in total. The second kappa shape index (κ2) is 6.18. The second-order valence-corrected chi connectivity index (χ2v) is 6.80. The number of nitrogens with zero attached hydrogens (tertiary/aromatic N) is 2. The lowest BCUT2D eigenvalue weighted by atomic mass is 9.86. The van der Waals surface area contributed by atoms with Gasteiger partial charge in [0, 0.05) is 42.7 Å². The van der Waals surface area contributed by atoms with Gasteiger partial charge in [-0.3, -0.25) is 0 Å². The van der Waals surface area contributed by atoms with E-state index < -0.39 is 0 Å². The van der Waals surface area contributed by atoms with Crippen LogP contribution in [0.25, 0.3) is 0 Å². The summed E-state index contributed by atoms with van der Waals surface area (Å²) in [5.74, 6) is 1.95. The Bertz CT molecular complexity index is 796. The number of nitrogen functional groups attached to an aromatic ring is 1. The zero-order valence-electron chi connectivity index (χ0n) is 13.6. The molecule has 0 aromatic heterocycles. The smallest absolute Gasteiger partial charge is 0.122 e. The average Bonchev–Trinajstić information content (AvgIpc) is 3.03. The molecule has 0 amide bonds. The van der Waals surface area contributed by atoms with Crippen LogP contribution in [0.3, 0.4) is 0 Å². The van der Waals surface area contributed by atoms with Crippen LogP contribution in [-0.2, 0) is 6.42 Å². The van der Waals surface area contributed by atoms with Crippen LogP contribution < -0.4 is 10.5 Å². The van der Waals surface area contributed by atoms with Crippen molar-refractivity contribution in [3.05, 3.63) is 59.2 Å². The third-order valence-corrected chi connectivity index (χ3v) is 5.18. The predicted molar refractivity (Wildman–Crippen MR) is 93.9 cm³/mol. The normalized spacial score (nSPS) is 22.3. The van der Waals surface area contributed by atoms with E-state index >= 15 is 0 Å². The minimum atomic E-state index is 0.475. The summed E-state index contributed by atoms with van der Waals surface area (Å²) >= 11 is 0. The number of hydrogen-bond donors (Lipinski definition) is 1. The number of nitriles is 1. The molecule has 0 aliphatic carbocycles. The Kier molecular flexibility index (Phi) is 3.87. The van der Waals surface area contributed by atoms with Crippen molar-refractivity contribution < 1.29 is 4.74 Å². The molecule has 4 nitrogen and oxygen atoms in total. The van der Waals surface area contributed by atoms with E-state index in [1.165, 1.54) is 11.1 Å². The Labute approximate surface area is 142 Å². The molecule has 0 saturated carbocycles. The summed E-state index contributed by atoms with van der Waals surface area (Å²) in [6, 6.07) is 16.2. The number of likely N-dealkylation sites (tertiary alicyclic amines) is 1. The van der Waals surface area contributed by atoms with Gasteiger partial charge in [0.1, 0.15) is 5.75 Å². The summed E-state index contributed by atoms with van der Waals surface area (Å²) in [5.41, 5.74) is 9.90. The first-order valence-electron chi connectivity index (χ1n) is 8.46. The van der Waals surface area contributed by atoms with Gasteiger partial charge in [-0.25, -0.2) is 0 Å². The third kappa shape index (κ3) is 2.83. The molecule has 2 aliphatic rings. The lowest BCUT2D eigenvalue weighted by Gasteiger charge is -2.27. The number of benzene rings is 2. The predicted octanol–water partition coefficient (Wildman–Crippen LogP) is 2.79. The van der Waals surface area contributed by atoms with E-state index in [2.05, 4.69) is 23.1 Å². The molecule has 2 heterocycles. The van der Waals surface area contributed by atoms with Gasteiger partial charge in [0.2, 0.25) is 0 Å². The largest absolute Gasteiger partial charge is 0.493 e. The summed E-state index contributed by atoms with van der Waals surface area (Å²) in [5, 5.41) is 9.15. The molecule has 24 heavy (non-hydrogen) atoms. The van der Waals surface area contributed by atoms with Crippen LogP contribution in [0.5, 0.6) is 5.75 Å². The number of anilines is 1. The first kappa shape index (κ1) is 15.0. The fourth-order valence-corrected chi connectivity index (χ4v) is 3.94. The van der Waals surface area contributed by atoms with Gasteiger partial charge in [0.15, 0.2) is 0 Å². The SMILES string of the molecule is N#Cc1ccc2c(c1)C1CN(CCc3cccc(N)c3)CC1CO2. The van der Waals surface area contributed by atoms with Gasteiger partial charge < -0.3 is 15.4 Å². The standard InChI is InChI=1S/C20H21N3O/c21-10-15-4-5-20-18(9-15)19-12-23(11-16(19)13-24-20)7-6-14-2-1-3-17(22)8-14/h1-5,8-9,16,19H,6-7,11-13,22H2. The highest BCUT2D eigenvalue weighted by Crippen LogP contribution is 2.41. The fourth-order valence-electron chi connectivity index (χ4n) is 3.94. The molecule has 0 bridgehead atoms. The molecule has 1 saturated heterocycles. The van der Waals surface area contributed by atoms with E-state index in [9.17, 15) is 0 Å². The third-order valence-electron chi connectivity index (χ3n) is 5.18. The van der Waals surface area contributed by atoms with Gasteiger partial charge >= 0.3 is 0 Å². The molecule has 2 aromatic carbocycles. The quantitative estimate of drug-likeness (QED) is 0.884. The Morgan fingerprint density at radius 2 is 2.12 bits per heavy atom. The van der Waals surface area contributed by atoms with Crippen molar-refractivity contribution in [3.8, 4) is 11.8 Å². The Balaban J connectivity index is 1.46. The lowest BCUT2D eigenvalue weighted by Crippen LogP contribution is -2.25. The number of rotatable bonds is 3. The second-order valence-electron chi connectivity index (χ2n) is 6.80. The van der Waals surface area contributed by atoms with E-state index in [0.717, 1.165) is 49.7 Å². The fraction of sp³-hybridized carbons (Fsp3) is 0.350. The first-order valence-corrected chi connectivity index (χ1v) is 8.46. The van der Waals surface area contributed by atoms with Crippen LogP contribution in [-0.4, -0.2) is 31.1 Å². The Morgan fingerprint density at radius 3 is 2.96 bits per heavy atom. The van der Waals surface area contributed by atoms with E-state index in [0.29, 0.717) is 11.8 Å². The van der Waals surface area contributed by atoms with Crippen LogP contribution in [0.2, 0.25) is 0 Å². The van der Waals surface area contributed by atoms with Gasteiger partial charge in [-0.1, -0.05) is 12.1 Å². The van der Waals surface area contributed by atoms with Crippen LogP contribution in [0.4, 0.5) is 5.69 Å². The molecule has 4 heteroatoms. The molecular weight excluding hydrogens is 298 g/mol. The van der Waals surface area contributed by atoms with Crippen LogP contribution in [0.1, 0.15) is 22.6 Å². The van der Waals surface area contributed by atoms with E-state index in [4.69, 9.17) is 15.7 Å². The van der Waals surface area contributed by atoms with E-state index in [1.807, 2.05) is 30.3 Å². The highest BCUT2D eigenvalue weighted by molar-refractivity contribution is 5.46. The molecule has 0 spiro atoms. The minimum absolute atomic E-state index is 0.475. The van der Waals surface area contributed by atoms with Crippen LogP contribution >= 0.6 is 0 Å². The monoisotopic (exact) mass is 319 g/mol. The van der Waals surface area contributed by atoms with Crippen molar-refractivity contribution in [2.75, 3.05) is 32.0 Å². The van der Waals surface area contributed by atoms with Gasteiger partial charge in [-0.15, -0.1) is 0 Å². The van der Waals surface area contributed by atoms with E-state index in [1.54, 1.807) is 0 Å². The van der Waals surface area contributed by atoms with E-state index in [-0.39, 0.29) is 0 Å². The van der Waals surface area contributed by atoms with Gasteiger partial charge in [0.25, 0.3) is 0 Å². The summed E-state index contributed by atoms with van der Waals surface area (Å²) in [6.45, 7) is 3.91. The summed E-state index contributed by atoms with van der Waals surface area (Å²) in [4.78, 5) is 2.51. The maximum atomic E-state index is 9.15. The number of ether oxygens (including phenoxy) is 1. The molecule has 1 fully saturated rings. The zero-order valence-corrected chi connectivity index (χ0v) is 13.6. The molecular formula is C20H21N3O. The first-order chi connectivity index (χ1) is 11.7. The molecule has 122 valence electrons. The van der Waals surface area contributed by atoms with Crippen molar-refractivity contribution in [2.24, 2.45) is 5.92 Å². The number of fused-ring (bicyclic) bond motifs is 3. The van der Waals surface area contributed by atoms with Gasteiger partial charge in [0.05, 0.1) is 18.2 Å². The highest BCUT2D eigenvalue weighted by Gasteiger charge is 2.38. The molecule has 2 aromatic rings. The van der Waals surface area contributed by atoms with Crippen molar-refractivity contribution in [1.82, 2.24) is 4.90 Å². The summed E-state index contributed by atoms with van der Waals surface area (Å²) in [7, 11) is 0. The summed E-state index contributed by atoms with van der Waals surface area (Å²) in [6.07, 6.45) is 1.01. The molecule has 0 radical (unpaired) electrons. The van der Waals surface area contributed by atoms with Crippen molar-refractivity contribution in [1.29, 1.82) is 5.26 Å². The maximum Gasteiger partial charge on any atom is 0.122 e. The Morgan fingerprint density at radius 1 is 1.21 bits per heavy atom. The van der Waals surface area contributed by atoms with Crippen LogP contribution in [0.15, 0.2) is 42.5 Å². The zero-order chi connectivity index (χ0) is 16.5. The topological polar surface area (TPSA) is 62.3 Å². The average molecular weight is 319 g/mol. The summed E-state index contributed by atoms with van der Waals surface area (Å²) < 4.78 is 5.91. The molecule has 2 aliphatic heterocycles. The minimum Gasteiger partial charge on any atom is -0.493 e. The van der Waals surface area contributed by atoms with Gasteiger partial charge in [-0.2, -0.15) is 5.26 Å². The van der Waals surface area contributed by atoms with Crippen LogP contribution in [0, 0.1) is 17.2 Å². The molecule has 2 atom stereocenters. The maximum absolute atomic E-state index is 9.15. The molecule has 2 unspecified atom stereocenters. The molecule has 4 rings (SSSR count). The number of nitrogens with two attached hydrogens (primary N) is 1.